The molecule has 2 aromatic heterocycles. The Labute approximate surface area is 134 Å². The molecule has 3 rings (SSSR count). The zero-order chi connectivity index (χ0) is 15.2. The van der Waals surface area contributed by atoms with Gasteiger partial charge < -0.3 is 5.32 Å². The molecule has 0 bridgehead atoms. The number of nitrogens with one attached hydrogen (secondary N) is 1. The van der Waals surface area contributed by atoms with Crippen molar-refractivity contribution in [3.8, 4) is 11.4 Å². The van der Waals surface area contributed by atoms with E-state index in [0.29, 0.717) is 0 Å². The Hall–Kier alpha value is -2.40. The summed E-state index contributed by atoms with van der Waals surface area (Å²) in [6.07, 6.45) is 3.51. The summed E-state index contributed by atoms with van der Waals surface area (Å²) in [5.41, 5.74) is 1.97. The molecule has 2 heterocycles. The van der Waals surface area contributed by atoms with Crippen molar-refractivity contribution in [3.05, 3.63) is 66.6 Å². The van der Waals surface area contributed by atoms with E-state index in [0.717, 1.165) is 28.7 Å². The van der Waals surface area contributed by atoms with Crippen LogP contribution in [0.1, 0.15) is 5.69 Å². The van der Waals surface area contributed by atoms with E-state index in [9.17, 15) is 0 Å². The third-order valence-corrected chi connectivity index (χ3v) is 4.15. The molecule has 0 saturated heterocycles. The van der Waals surface area contributed by atoms with Gasteiger partial charge in [-0.1, -0.05) is 18.2 Å². The number of pyridine rings is 1. The lowest BCUT2D eigenvalue weighted by Gasteiger charge is -2.08. The molecule has 3 aromatic rings. The van der Waals surface area contributed by atoms with E-state index in [1.165, 1.54) is 4.90 Å². The van der Waals surface area contributed by atoms with Crippen LogP contribution in [0.15, 0.2) is 65.8 Å². The predicted octanol–water partition coefficient (Wildman–Crippen LogP) is 3.87. The summed E-state index contributed by atoms with van der Waals surface area (Å²) >= 11 is 1.77. The fraction of sp³-hybridized carbons (Fsp3) is 0.118. The molecular weight excluding hydrogens is 292 g/mol. The lowest BCUT2D eigenvalue weighted by atomic mass is 10.2. The van der Waals surface area contributed by atoms with Crippen molar-refractivity contribution in [2.24, 2.45) is 0 Å². The van der Waals surface area contributed by atoms with Crippen molar-refractivity contribution in [2.45, 2.75) is 10.6 Å². The van der Waals surface area contributed by atoms with E-state index in [1.54, 1.807) is 24.2 Å². The molecule has 5 heteroatoms. The average molecular weight is 308 g/mol. The molecule has 0 spiro atoms. The second-order valence-corrected chi connectivity index (χ2v) is 5.70. The summed E-state index contributed by atoms with van der Waals surface area (Å²) in [4.78, 5) is 14.5. The Balaban J connectivity index is 1.85. The van der Waals surface area contributed by atoms with Gasteiger partial charge in [-0.05, 0) is 24.3 Å². The Morgan fingerprint density at radius 3 is 2.50 bits per heavy atom. The Kier molecular flexibility index (Phi) is 4.65. The number of hydrogen-bond acceptors (Lipinski definition) is 5. The van der Waals surface area contributed by atoms with Crippen LogP contribution in [0, 0.1) is 0 Å². The van der Waals surface area contributed by atoms with Gasteiger partial charge in [0.2, 0.25) is 0 Å². The summed E-state index contributed by atoms with van der Waals surface area (Å²) in [5.74, 6) is 2.35. The number of aromatic nitrogens is 3. The zero-order valence-corrected chi connectivity index (χ0v) is 13.0. The van der Waals surface area contributed by atoms with Crippen LogP contribution in [0.5, 0.6) is 0 Å². The summed E-state index contributed by atoms with van der Waals surface area (Å²) < 4.78 is 0. The number of hydrogen-bond donors (Lipinski definition) is 1. The van der Waals surface area contributed by atoms with E-state index in [2.05, 4.69) is 32.4 Å². The molecule has 0 atom stereocenters. The topological polar surface area (TPSA) is 50.7 Å². The molecule has 0 saturated carbocycles. The van der Waals surface area contributed by atoms with Crippen LogP contribution in [0.3, 0.4) is 0 Å². The monoisotopic (exact) mass is 308 g/mol. The van der Waals surface area contributed by atoms with Gasteiger partial charge >= 0.3 is 0 Å². The van der Waals surface area contributed by atoms with Crippen LogP contribution < -0.4 is 5.32 Å². The van der Waals surface area contributed by atoms with Crippen LogP contribution >= 0.6 is 11.8 Å². The van der Waals surface area contributed by atoms with Gasteiger partial charge in [0.1, 0.15) is 5.82 Å². The van der Waals surface area contributed by atoms with Gasteiger partial charge in [-0.2, -0.15) is 0 Å². The van der Waals surface area contributed by atoms with E-state index >= 15 is 0 Å². The summed E-state index contributed by atoms with van der Waals surface area (Å²) in [6.45, 7) is 0. The van der Waals surface area contributed by atoms with Gasteiger partial charge in [-0.3, -0.25) is 4.98 Å². The number of benzene rings is 1. The highest BCUT2D eigenvalue weighted by molar-refractivity contribution is 7.98. The highest BCUT2D eigenvalue weighted by Crippen LogP contribution is 2.24. The molecule has 0 aliphatic heterocycles. The van der Waals surface area contributed by atoms with Gasteiger partial charge in [-0.25, -0.2) is 9.97 Å². The highest BCUT2D eigenvalue weighted by Gasteiger charge is 2.07. The Morgan fingerprint density at radius 2 is 1.77 bits per heavy atom. The smallest absolute Gasteiger partial charge is 0.161 e. The van der Waals surface area contributed by atoms with Gasteiger partial charge in [0.25, 0.3) is 0 Å². The molecular formula is C17H16N4S. The summed E-state index contributed by atoms with van der Waals surface area (Å²) in [5, 5.41) is 3.10. The SMILES string of the molecule is CNc1cc(CSc2ccccc2)nc(-c2ccncc2)n1. The summed E-state index contributed by atoms with van der Waals surface area (Å²) in [7, 11) is 1.87. The minimum atomic E-state index is 0.720. The first kappa shape index (κ1) is 14.5. The largest absolute Gasteiger partial charge is 0.373 e. The normalized spacial score (nSPS) is 10.4. The van der Waals surface area contributed by atoms with Gasteiger partial charge in [-0.15, -0.1) is 11.8 Å². The predicted molar refractivity (Wildman–Crippen MR) is 90.8 cm³/mol. The first-order chi connectivity index (χ1) is 10.8. The second kappa shape index (κ2) is 7.04. The zero-order valence-electron chi connectivity index (χ0n) is 12.2. The molecule has 0 fully saturated rings. The van der Waals surface area contributed by atoms with Gasteiger partial charge in [0.15, 0.2) is 5.82 Å². The van der Waals surface area contributed by atoms with Crippen LogP contribution in [0.4, 0.5) is 5.82 Å². The maximum atomic E-state index is 4.67. The maximum Gasteiger partial charge on any atom is 0.161 e. The minimum absolute atomic E-state index is 0.720. The van der Waals surface area contributed by atoms with Crippen molar-refractivity contribution in [1.82, 2.24) is 15.0 Å². The van der Waals surface area contributed by atoms with E-state index in [-0.39, 0.29) is 0 Å². The molecule has 1 N–H and O–H groups in total. The average Bonchev–Trinajstić information content (AvgIpc) is 2.61. The molecule has 0 radical (unpaired) electrons. The lowest BCUT2D eigenvalue weighted by molar-refractivity contribution is 1.09. The Bertz CT molecular complexity index is 732. The number of rotatable bonds is 5. The first-order valence-electron chi connectivity index (χ1n) is 6.99. The molecule has 22 heavy (non-hydrogen) atoms. The van der Waals surface area contributed by atoms with Crippen molar-refractivity contribution < 1.29 is 0 Å². The quantitative estimate of drug-likeness (QED) is 0.725. The fourth-order valence-corrected chi connectivity index (χ4v) is 2.82. The number of anilines is 1. The molecule has 0 amide bonds. The van der Waals surface area contributed by atoms with Gasteiger partial charge in [0.05, 0.1) is 5.69 Å². The number of thioether (sulfide) groups is 1. The Morgan fingerprint density at radius 1 is 1.00 bits per heavy atom. The maximum absolute atomic E-state index is 4.67. The van der Waals surface area contributed by atoms with E-state index in [4.69, 9.17) is 0 Å². The summed E-state index contributed by atoms with van der Waals surface area (Å²) in [6, 6.07) is 16.2. The van der Waals surface area contributed by atoms with E-state index < -0.39 is 0 Å². The van der Waals surface area contributed by atoms with Gasteiger partial charge in [0, 0.05) is 41.7 Å². The number of nitrogens with zero attached hydrogens (tertiary/aromatic N) is 3. The molecule has 4 nitrogen and oxygen atoms in total. The minimum Gasteiger partial charge on any atom is -0.373 e. The van der Waals surface area contributed by atoms with Crippen LogP contribution in [-0.2, 0) is 5.75 Å². The molecule has 0 unspecified atom stereocenters. The van der Waals surface area contributed by atoms with Crippen molar-refractivity contribution in [1.29, 1.82) is 0 Å². The molecule has 1 aromatic carbocycles. The lowest BCUT2D eigenvalue weighted by Crippen LogP contribution is -2.00. The van der Waals surface area contributed by atoms with Crippen LogP contribution in [0.25, 0.3) is 11.4 Å². The third kappa shape index (κ3) is 3.62. The van der Waals surface area contributed by atoms with Crippen LogP contribution in [0.2, 0.25) is 0 Å². The first-order valence-corrected chi connectivity index (χ1v) is 7.97. The van der Waals surface area contributed by atoms with Crippen molar-refractivity contribution >= 4 is 17.6 Å². The fourth-order valence-electron chi connectivity index (χ4n) is 2.00. The molecule has 0 aliphatic carbocycles. The molecule has 0 aliphatic rings. The second-order valence-electron chi connectivity index (χ2n) is 4.66. The van der Waals surface area contributed by atoms with Crippen molar-refractivity contribution in [3.63, 3.8) is 0 Å². The highest BCUT2D eigenvalue weighted by atomic mass is 32.2. The van der Waals surface area contributed by atoms with Crippen LogP contribution in [-0.4, -0.2) is 22.0 Å². The van der Waals surface area contributed by atoms with Crippen molar-refractivity contribution in [2.75, 3.05) is 12.4 Å². The van der Waals surface area contributed by atoms with E-state index in [1.807, 2.05) is 43.4 Å². The molecule has 110 valence electrons. The standard InChI is InChI=1S/C17H16N4S/c1-18-16-11-14(12-22-15-5-3-2-4-6-15)20-17(21-16)13-7-9-19-10-8-13/h2-11H,12H2,1H3,(H,18,20,21). The third-order valence-electron chi connectivity index (χ3n) is 3.10.